The lowest BCUT2D eigenvalue weighted by atomic mass is 10.1. The van der Waals surface area contributed by atoms with Crippen molar-refractivity contribution in [3.05, 3.63) is 22.5 Å². The molecule has 0 bridgehead atoms. The second-order valence-electron chi connectivity index (χ2n) is 4.84. The number of fused-ring (bicyclic) bond motifs is 1. The molecule has 0 aromatic carbocycles. The maximum Gasteiger partial charge on any atom is 0.131 e. The van der Waals surface area contributed by atoms with Crippen LogP contribution in [0, 0.1) is 6.92 Å². The van der Waals surface area contributed by atoms with Crippen LogP contribution in [-0.2, 0) is 0 Å². The zero-order valence-electron chi connectivity index (χ0n) is 10.5. The molecule has 0 unspecified atom stereocenters. The molecular weight excluding hydrogens is 216 g/mol. The second kappa shape index (κ2) is 4.13. The normalized spacial score (nSPS) is 11.9. The van der Waals surface area contributed by atoms with Gasteiger partial charge in [-0.15, -0.1) is 11.3 Å². The van der Waals surface area contributed by atoms with Gasteiger partial charge in [0.25, 0.3) is 0 Å². The first-order chi connectivity index (χ1) is 7.49. The highest BCUT2D eigenvalue weighted by molar-refractivity contribution is 7.19. The SMILES string of the molecule is Cc1nc(C(C)C)nc2cc(C(C)C)sc12. The lowest BCUT2D eigenvalue weighted by molar-refractivity contribution is 0.777. The number of aryl methyl sites for hydroxylation is 1. The lowest BCUT2D eigenvalue weighted by Crippen LogP contribution is -1.98. The number of thiophene rings is 1. The molecule has 0 amide bonds. The van der Waals surface area contributed by atoms with Crippen molar-refractivity contribution in [1.82, 2.24) is 9.97 Å². The van der Waals surface area contributed by atoms with Crippen LogP contribution >= 0.6 is 11.3 Å². The number of aromatic nitrogens is 2. The topological polar surface area (TPSA) is 25.8 Å². The fraction of sp³-hybridized carbons (Fsp3) is 0.538. The molecule has 0 saturated heterocycles. The largest absolute Gasteiger partial charge is 0.236 e. The van der Waals surface area contributed by atoms with Gasteiger partial charge in [0, 0.05) is 10.8 Å². The van der Waals surface area contributed by atoms with Gasteiger partial charge in [-0.3, -0.25) is 0 Å². The van der Waals surface area contributed by atoms with E-state index in [2.05, 4.69) is 50.7 Å². The third kappa shape index (κ3) is 1.96. The Balaban J connectivity index is 2.63. The first-order valence-electron chi connectivity index (χ1n) is 5.77. The van der Waals surface area contributed by atoms with E-state index < -0.39 is 0 Å². The van der Waals surface area contributed by atoms with Crippen molar-refractivity contribution in [3.63, 3.8) is 0 Å². The van der Waals surface area contributed by atoms with E-state index in [1.165, 1.54) is 9.58 Å². The van der Waals surface area contributed by atoms with Gasteiger partial charge in [0.05, 0.1) is 15.9 Å². The molecule has 0 atom stereocenters. The Hall–Kier alpha value is -0.960. The van der Waals surface area contributed by atoms with Gasteiger partial charge in [-0.2, -0.15) is 0 Å². The molecule has 0 radical (unpaired) electrons. The molecule has 0 spiro atoms. The zero-order valence-corrected chi connectivity index (χ0v) is 11.4. The standard InChI is InChI=1S/C13H18N2S/c1-7(2)11-6-10-12(16-11)9(5)14-13(15-10)8(3)4/h6-8H,1-5H3. The summed E-state index contributed by atoms with van der Waals surface area (Å²) >= 11 is 1.83. The molecule has 0 fully saturated rings. The minimum atomic E-state index is 0.394. The first kappa shape index (κ1) is 11.5. The molecule has 3 heteroatoms. The summed E-state index contributed by atoms with van der Waals surface area (Å²) < 4.78 is 1.24. The van der Waals surface area contributed by atoms with Crippen LogP contribution in [0.2, 0.25) is 0 Å². The van der Waals surface area contributed by atoms with E-state index in [0.29, 0.717) is 11.8 Å². The summed E-state index contributed by atoms with van der Waals surface area (Å²) in [5, 5.41) is 0. The van der Waals surface area contributed by atoms with Crippen molar-refractivity contribution in [2.24, 2.45) is 0 Å². The van der Waals surface area contributed by atoms with Crippen molar-refractivity contribution in [2.75, 3.05) is 0 Å². The molecule has 2 nitrogen and oxygen atoms in total. The van der Waals surface area contributed by atoms with Crippen LogP contribution in [0.1, 0.15) is 55.9 Å². The molecule has 0 saturated carbocycles. The molecule has 2 heterocycles. The van der Waals surface area contributed by atoms with E-state index in [1.54, 1.807) is 0 Å². The Bertz CT molecular complexity index is 512. The van der Waals surface area contributed by atoms with E-state index in [9.17, 15) is 0 Å². The van der Waals surface area contributed by atoms with Crippen molar-refractivity contribution >= 4 is 21.6 Å². The summed E-state index contributed by atoms with van der Waals surface area (Å²) in [7, 11) is 0. The quantitative estimate of drug-likeness (QED) is 0.776. The molecule has 16 heavy (non-hydrogen) atoms. The van der Waals surface area contributed by atoms with Gasteiger partial charge in [0.1, 0.15) is 5.82 Å². The van der Waals surface area contributed by atoms with Crippen LogP contribution in [0.25, 0.3) is 10.2 Å². The molecular formula is C13H18N2S. The highest BCUT2D eigenvalue weighted by Gasteiger charge is 2.12. The van der Waals surface area contributed by atoms with Gasteiger partial charge in [-0.05, 0) is 18.9 Å². The summed E-state index contributed by atoms with van der Waals surface area (Å²) in [6, 6.07) is 2.21. The predicted molar refractivity (Wildman–Crippen MR) is 70.3 cm³/mol. The fourth-order valence-electron chi connectivity index (χ4n) is 1.66. The molecule has 0 N–H and O–H groups in total. The van der Waals surface area contributed by atoms with Gasteiger partial charge in [0.15, 0.2) is 0 Å². The van der Waals surface area contributed by atoms with Crippen LogP contribution in [0.3, 0.4) is 0 Å². The smallest absolute Gasteiger partial charge is 0.131 e. The Kier molecular flexibility index (Phi) is 2.98. The van der Waals surface area contributed by atoms with Crippen molar-refractivity contribution in [3.8, 4) is 0 Å². The Morgan fingerprint density at radius 1 is 1.06 bits per heavy atom. The fourth-order valence-corrected chi connectivity index (χ4v) is 2.70. The zero-order chi connectivity index (χ0) is 11.9. The van der Waals surface area contributed by atoms with Crippen LogP contribution in [0.4, 0.5) is 0 Å². The minimum absolute atomic E-state index is 0.394. The van der Waals surface area contributed by atoms with Crippen LogP contribution < -0.4 is 0 Å². The number of nitrogens with zero attached hydrogens (tertiary/aromatic N) is 2. The second-order valence-corrected chi connectivity index (χ2v) is 5.92. The molecule has 86 valence electrons. The van der Waals surface area contributed by atoms with Crippen LogP contribution in [0.15, 0.2) is 6.07 Å². The monoisotopic (exact) mass is 234 g/mol. The third-order valence-corrected chi connectivity index (χ3v) is 4.20. The number of hydrogen-bond donors (Lipinski definition) is 0. The van der Waals surface area contributed by atoms with Crippen molar-refractivity contribution in [1.29, 1.82) is 0 Å². The molecule has 0 aliphatic rings. The Morgan fingerprint density at radius 3 is 2.31 bits per heavy atom. The van der Waals surface area contributed by atoms with Gasteiger partial charge >= 0.3 is 0 Å². The summed E-state index contributed by atoms with van der Waals surface area (Å²) in [5.74, 6) is 1.92. The number of hydrogen-bond acceptors (Lipinski definition) is 3. The minimum Gasteiger partial charge on any atom is -0.236 e. The summed E-state index contributed by atoms with van der Waals surface area (Å²) in [5.41, 5.74) is 2.23. The highest BCUT2D eigenvalue weighted by Crippen LogP contribution is 2.31. The molecule has 0 aliphatic heterocycles. The molecule has 2 rings (SSSR count). The summed E-state index contributed by atoms with van der Waals surface area (Å²) in [6.07, 6.45) is 0. The van der Waals surface area contributed by atoms with E-state index in [0.717, 1.165) is 17.0 Å². The van der Waals surface area contributed by atoms with E-state index in [-0.39, 0.29) is 0 Å². The Morgan fingerprint density at radius 2 is 1.75 bits per heavy atom. The third-order valence-electron chi connectivity index (χ3n) is 2.66. The van der Waals surface area contributed by atoms with Gasteiger partial charge < -0.3 is 0 Å². The maximum absolute atomic E-state index is 4.64. The highest BCUT2D eigenvalue weighted by atomic mass is 32.1. The predicted octanol–water partition coefficient (Wildman–Crippen LogP) is 4.25. The van der Waals surface area contributed by atoms with Crippen LogP contribution in [0.5, 0.6) is 0 Å². The molecule has 2 aromatic heterocycles. The number of rotatable bonds is 2. The molecule has 0 aliphatic carbocycles. The van der Waals surface area contributed by atoms with Crippen molar-refractivity contribution < 1.29 is 0 Å². The maximum atomic E-state index is 4.64. The summed E-state index contributed by atoms with van der Waals surface area (Å²) in [6.45, 7) is 10.8. The van der Waals surface area contributed by atoms with Gasteiger partial charge in [-0.1, -0.05) is 27.7 Å². The van der Waals surface area contributed by atoms with Gasteiger partial charge in [-0.25, -0.2) is 9.97 Å². The lowest BCUT2D eigenvalue weighted by Gasteiger charge is -2.04. The Labute approximate surface area is 101 Å². The molecule has 2 aromatic rings. The average molecular weight is 234 g/mol. The van der Waals surface area contributed by atoms with Gasteiger partial charge in [0.2, 0.25) is 0 Å². The summed E-state index contributed by atoms with van der Waals surface area (Å²) in [4.78, 5) is 10.6. The van der Waals surface area contributed by atoms with E-state index in [4.69, 9.17) is 0 Å². The first-order valence-corrected chi connectivity index (χ1v) is 6.58. The van der Waals surface area contributed by atoms with Crippen molar-refractivity contribution in [2.45, 2.75) is 46.5 Å². The van der Waals surface area contributed by atoms with E-state index in [1.807, 2.05) is 11.3 Å². The average Bonchev–Trinajstić information content (AvgIpc) is 2.61. The van der Waals surface area contributed by atoms with E-state index >= 15 is 0 Å². The van der Waals surface area contributed by atoms with Crippen LogP contribution in [-0.4, -0.2) is 9.97 Å².